The lowest BCUT2D eigenvalue weighted by Crippen LogP contribution is -2.29. The van der Waals surface area contributed by atoms with Gasteiger partial charge < -0.3 is 5.11 Å². The highest BCUT2D eigenvalue weighted by molar-refractivity contribution is 8.01. The zero-order chi connectivity index (χ0) is 16.2. The number of benzene rings is 1. The van der Waals surface area contributed by atoms with Crippen molar-refractivity contribution in [2.45, 2.75) is 50.2 Å². The molecular weight excluding hydrogens is 300 g/mol. The molecule has 0 amide bonds. The third kappa shape index (κ3) is 4.51. The number of hydrogen-bond donors (Lipinski definition) is 1. The monoisotopic (exact) mass is 326 g/mol. The molecule has 0 radical (unpaired) electrons. The average Bonchev–Trinajstić information content (AvgIpc) is 2.43. The van der Waals surface area contributed by atoms with E-state index in [1.54, 1.807) is 11.8 Å². The van der Waals surface area contributed by atoms with Gasteiger partial charge in [0.1, 0.15) is 0 Å². The third-order valence-electron chi connectivity index (χ3n) is 3.54. The number of Topliss-reactive ketones (excluding diaryl/α,β-unsaturated/α-hetero) is 1. The molecule has 0 atom stereocenters. The number of carbonyl (C=O) groups excluding carboxylic acids is 1. The van der Waals surface area contributed by atoms with Gasteiger partial charge in [-0.15, -0.1) is 23.5 Å². The molecule has 0 bridgehead atoms. The lowest BCUT2D eigenvalue weighted by atomic mass is 9.91. The van der Waals surface area contributed by atoms with Crippen LogP contribution in [0.4, 0.5) is 0 Å². The molecular formula is C17H26O2S2. The SMILES string of the molecule is CSc1cc(C)c(C(=O)C(C)(C)SCCO)cc1C(C)C. The molecule has 0 aliphatic carbocycles. The van der Waals surface area contributed by atoms with Crippen LogP contribution in [0.1, 0.15) is 55.1 Å². The largest absolute Gasteiger partial charge is 0.396 e. The summed E-state index contributed by atoms with van der Waals surface area (Å²) >= 11 is 3.24. The standard InChI is InChI=1S/C17H26O2S2/c1-11(2)13-10-14(12(3)9-15(13)20-6)16(19)17(4,5)21-8-7-18/h9-11,18H,7-8H2,1-6H3. The van der Waals surface area contributed by atoms with E-state index in [1.807, 2.05) is 20.8 Å². The van der Waals surface area contributed by atoms with Gasteiger partial charge in [-0.05, 0) is 56.2 Å². The summed E-state index contributed by atoms with van der Waals surface area (Å²) in [5.41, 5.74) is 3.08. The average molecular weight is 327 g/mol. The molecule has 0 aliphatic heterocycles. The van der Waals surface area contributed by atoms with Gasteiger partial charge in [0, 0.05) is 16.2 Å². The Balaban J connectivity index is 3.24. The summed E-state index contributed by atoms with van der Waals surface area (Å²) in [5, 5.41) is 8.99. The first-order valence-corrected chi connectivity index (χ1v) is 9.43. The number of aliphatic hydroxyl groups is 1. The number of hydrogen-bond acceptors (Lipinski definition) is 4. The van der Waals surface area contributed by atoms with E-state index < -0.39 is 4.75 Å². The molecule has 0 aromatic heterocycles. The molecule has 0 unspecified atom stereocenters. The van der Waals surface area contributed by atoms with Crippen molar-refractivity contribution in [3.63, 3.8) is 0 Å². The Hall–Kier alpha value is -0.450. The summed E-state index contributed by atoms with van der Waals surface area (Å²) < 4.78 is -0.511. The van der Waals surface area contributed by atoms with Crippen molar-refractivity contribution in [1.29, 1.82) is 0 Å². The lowest BCUT2D eigenvalue weighted by Gasteiger charge is -2.24. The maximum atomic E-state index is 12.9. The van der Waals surface area contributed by atoms with Crippen LogP contribution in [0, 0.1) is 6.92 Å². The minimum Gasteiger partial charge on any atom is -0.396 e. The van der Waals surface area contributed by atoms with Gasteiger partial charge in [0.2, 0.25) is 0 Å². The van der Waals surface area contributed by atoms with Gasteiger partial charge in [0.15, 0.2) is 5.78 Å². The predicted molar refractivity (Wildman–Crippen MR) is 95.0 cm³/mol. The van der Waals surface area contributed by atoms with Crippen LogP contribution >= 0.6 is 23.5 Å². The molecule has 0 saturated heterocycles. The number of aryl methyl sites for hydroxylation is 1. The quantitative estimate of drug-likeness (QED) is 0.590. The Morgan fingerprint density at radius 2 is 1.95 bits per heavy atom. The smallest absolute Gasteiger partial charge is 0.178 e. The minimum atomic E-state index is -0.511. The molecule has 1 rings (SSSR count). The predicted octanol–water partition coefficient (Wildman–Crippen LogP) is 4.53. The van der Waals surface area contributed by atoms with Gasteiger partial charge >= 0.3 is 0 Å². The Bertz CT molecular complexity index is 508. The van der Waals surface area contributed by atoms with Crippen molar-refractivity contribution in [2.24, 2.45) is 0 Å². The van der Waals surface area contributed by atoms with Crippen LogP contribution in [-0.4, -0.2) is 34.3 Å². The van der Waals surface area contributed by atoms with E-state index in [1.165, 1.54) is 22.2 Å². The van der Waals surface area contributed by atoms with Crippen molar-refractivity contribution >= 4 is 29.3 Å². The summed E-state index contributed by atoms with van der Waals surface area (Å²) in [4.78, 5) is 14.1. The van der Waals surface area contributed by atoms with Gasteiger partial charge in [0.25, 0.3) is 0 Å². The Labute approximate surface area is 137 Å². The molecule has 0 heterocycles. The van der Waals surface area contributed by atoms with Crippen molar-refractivity contribution in [3.05, 3.63) is 28.8 Å². The van der Waals surface area contributed by atoms with Crippen molar-refractivity contribution in [1.82, 2.24) is 0 Å². The Morgan fingerprint density at radius 1 is 1.33 bits per heavy atom. The second kappa shape index (κ2) is 7.70. The molecule has 21 heavy (non-hydrogen) atoms. The summed E-state index contributed by atoms with van der Waals surface area (Å²) in [5.74, 6) is 1.12. The number of aliphatic hydroxyl groups excluding tert-OH is 1. The highest BCUT2D eigenvalue weighted by Crippen LogP contribution is 2.34. The second-order valence-corrected chi connectivity index (χ2v) is 8.54. The van der Waals surface area contributed by atoms with Crippen LogP contribution in [0.5, 0.6) is 0 Å². The van der Waals surface area contributed by atoms with Crippen LogP contribution < -0.4 is 0 Å². The zero-order valence-corrected chi connectivity index (χ0v) is 15.5. The number of ketones is 1. The molecule has 0 fully saturated rings. The topological polar surface area (TPSA) is 37.3 Å². The highest BCUT2D eigenvalue weighted by Gasteiger charge is 2.30. The van der Waals surface area contributed by atoms with Crippen molar-refractivity contribution in [3.8, 4) is 0 Å². The lowest BCUT2D eigenvalue weighted by molar-refractivity contribution is 0.0957. The van der Waals surface area contributed by atoms with Gasteiger partial charge in [-0.3, -0.25) is 4.79 Å². The zero-order valence-electron chi connectivity index (χ0n) is 13.8. The number of rotatable bonds is 7. The van der Waals surface area contributed by atoms with E-state index in [2.05, 4.69) is 32.2 Å². The molecule has 1 aromatic carbocycles. The second-order valence-electron chi connectivity index (χ2n) is 5.98. The maximum Gasteiger partial charge on any atom is 0.178 e. The van der Waals surface area contributed by atoms with Gasteiger partial charge in [-0.25, -0.2) is 0 Å². The molecule has 1 N–H and O–H groups in total. The van der Waals surface area contributed by atoms with Crippen LogP contribution in [0.25, 0.3) is 0 Å². The van der Waals surface area contributed by atoms with Gasteiger partial charge in [0.05, 0.1) is 11.4 Å². The van der Waals surface area contributed by atoms with E-state index in [9.17, 15) is 4.79 Å². The first-order valence-electron chi connectivity index (χ1n) is 7.22. The molecule has 0 aliphatic rings. The molecule has 1 aromatic rings. The fourth-order valence-electron chi connectivity index (χ4n) is 2.26. The first kappa shape index (κ1) is 18.6. The van der Waals surface area contributed by atoms with Gasteiger partial charge in [-0.2, -0.15) is 0 Å². The number of thioether (sulfide) groups is 2. The summed E-state index contributed by atoms with van der Waals surface area (Å²) in [6, 6.07) is 4.19. The van der Waals surface area contributed by atoms with E-state index in [0.29, 0.717) is 11.7 Å². The molecule has 0 saturated carbocycles. The Morgan fingerprint density at radius 3 is 2.43 bits per heavy atom. The van der Waals surface area contributed by atoms with E-state index >= 15 is 0 Å². The normalized spacial score (nSPS) is 12.0. The molecule has 2 nitrogen and oxygen atoms in total. The maximum absolute atomic E-state index is 12.9. The fraction of sp³-hybridized carbons (Fsp3) is 0.588. The summed E-state index contributed by atoms with van der Waals surface area (Å²) in [6.45, 7) is 10.3. The van der Waals surface area contributed by atoms with Crippen molar-refractivity contribution in [2.75, 3.05) is 18.6 Å². The molecule has 0 spiro atoms. The molecule has 4 heteroatoms. The highest BCUT2D eigenvalue weighted by atomic mass is 32.2. The van der Waals surface area contributed by atoms with Crippen molar-refractivity contribution < 1.29 is 9.90 Å². The van der Waals surface area contributed by atoms with Crippen LogP contribution in [-0.2, 0) is 0 Å². The van der Waals surface area contributed by atoms with E-state index in [0.717, 1.165) is 11.1 Å². The molecule has 118 valence electrons. The van der Waals surface area contributed by atoms with Crippen LogP contribution in [0.3, 0.4) is 0 Å². The van der Waals surface area contributed by atoms with Crippen LogP contribution in [0.15, 0.2) is 17.0 Å². The first-order chi connectivity index (χ1) is 9.74. The third-order valence-corrected chi connectivity index (χ3v) is 5.63. The van der Waals surface area contributed by atoms with Gasteiger partial charge in [-0.1, -0.05) is 13.8 Å². The van der Waals surface area contributed by atoms with E-state index in [4.69, 9.17) is 5.11 Å². The van der Waals surface area contributed by atoms with Crippen LogP contribution in [0.2, 0.25) is 0 Å². The summed E-state index contributed by atoms with van der Waals surface area (Å²) in [6.07, 6.45) is 2.07. The fourth-order valence-corrected chi connectivity index (χ4v) is 3.93. The minimum absolute atomic E-state index is 0.100. The summed E-state index contributed by atoms with van der Waals surface area (Å²) in [7, 11) is 0. The number of carbonyl (C=O) groups is 1. The Kier molecular flexibility index (Phi) is 6.82. The van der Waals surface area contributed by atoms with E-state index in [-0.39, 0.29) is 12.4 Å².